The molecule has 98 valence electrons. The van der Waals surface area contributed by atoms with Crippen LogP contribution >= 0.6 is 0 Å². The van der Waals surface area contributed by atoms with Crippen LogP contribution in [-0.4, -0.2) is 12.0 Å². The van der Waals surface area contributed by atoms with E-state index in [0.717, 1.165) is 22.2 Å². The van der Waals surface area contributed by atoms with Gasteiger partial charge < -0.3 is 9.73 Å². The third-order valence-corrected chi connectivity index (χ3v) is 3.11. The number of rotatable bonds is 3. The number of nitrogens with zero attached hydrogens (tertiary/aromatic N) is 2. The van der Waals surface area contributed by atoms with Gasteiger partial charge in [0.15, 0.2) is 5.69 Å². The number of para-hydroxylation sites is 1. The van der Waals surface area contributed by atoms with Crippen LogP contribution in [0.5, 0.6) is 0 Å². The SMILES string of the molecule is CNCc1ccc(-c2cc3ccccc3nc2C#N)o1. The highest BCUT2D eigenvalue weighted by molar-refractivity contribution is 5.85. The van der Waals surface area contributed by atoms with Crippen molar-refractivity contribution >= 4 is 10.9 Å². The molecule has 4 nitrogen and oxygen atoms in total. The molecule has 1 N–H and O–H groups in total. The molecule has 0 radical (unpaired) electrons. The standard InChI is InChI=1S/C16H13N3O/c1-18-10-12-6-7-16(20-12)13-8-11-4-2-3-5-14(11)19-15(13)9-17/h2-8,18H,10H2,1H3. The highest BCUT2D eigenvalue weighted by Crippen LogP contribution is 2.27. The third-order valence-electron chi connectivity index (χ3n) is 3.11. The van der Waals surface area contributed by atoms with E-state index in [0.29, 0.717) is 18.0 Å². The van der Waals surface area contributed by atoms with Gasteiger partial charge in [0.2, 0.25) is 0 Å². The van der Waals surface area contributed by atoms with E-state index < -0.39 is 0 Å². The van der Waals surface area contributed by atoms with Crippen LogP contribution in [0.15, 0.2) is 46.9 Å². The summed E-state index contributed by atoms with van der Waals surface area (Å²) in [6.45, 7) is 0.656. The largest absolute Gasteiger partial charge is 0.460 e. The first kappa shape index (κ1) is 12.4. The summed E-state index contributed by atoms with van der Waals surface area (Å²) < 4.78 is 5.75. The summed E-state index contributed by atoms with van der Waals surface area (Å²) in [6, 6.07) is 15.6. The number of aromatic nitrogens is 1. The molecule has 1 aromatic carbocycles. The van der Waals surface area contributed by atoms with Crippen LogP contribution < -0.4 is 5.32 Å². The molecule has 0 fully saturated rings. The summed E-state index contributed by atoms with van der Waals surface area (Å²) >= 11 is 0. The first-order valence-electron chi connectivity index (χ1n) is 6.35. The Hall–Kier alpha value is -2.64. The van der Waals surface area contributed by atoms with Gasteiger partial charge >= 0.3 is 0 Å². The lowest BCUT2D eigenvalue weighted by atomic mass is 10.1. The van der Waals surface area contributed by atoms with Crippen LogP contribution in [0.1, 0.15) is 11.5 Å². The van der Waals surface area contributed by atoms with Crippen LogP contribution in [0.25, 0.3) is 22.2 Å². The maximum Gasteiger partial charge on any atom is 0.152 e. The van der Waals surface area contributed by atoms with Crippen LogP contribution in [0.4, 0.5) is 0 Å². The quantitative estimate of drug-likeness (QED) is 0.788. The molecule has 3 aromatic rings. The molecule has 0 aliphatic carbocycles. The fourth-order valence-electron chi connectivity index (χ4n) is 2.18. The van der Waals surface area contributed by atoms with Gasteiger partial charge in [-0.2, -0.15) is 5.26 Å². The number of pyridine rings is 1. The molecule has 0 aliphatic heterocycles. The fraction of sp³-hybridized carbons (Fsp3) is 0.125. The molecule has 0 amide bonds. The van der Waals surface area contributed by atoms with Crippen molar-refractivity contribution in [3.63, 3.8) is 0 Å². The van der Waals surface area contributed by atoms with Gasteiger partial charge in [0.25, 0.3) is 0 Å². The predicted molar refractivity (Wildman–Crippen MR) is 76.9 cm³/mol. The second-order valence-corrected chi connectivity index (χ2v) is 4.49. The molecule has 2 aromatic heterocycles. The minimum absolute atomic E-state index is 0.383. The molecule has 3 rings (SSSR count). The lowest BCUT2D eigenvalue weighted by molar-refractivity contribution is 0.507. The Morgan fingerprint density at radius 3 is 2.90 bits per heavy atom. The van der Waals surface area contributed by atoms with Crippen molar-refractivity contribution in [3.8, 4) is 17.4 Å². The summed E-state index contributed by atoms with van der Waals surface area (Å²) in [7, 11) is 1.86. The van der Waals surface area contributed by atoms with E-state index in [4.69, 9.17) is 4.42 Å². The highest BCUT2D eigenvalue weighted by atomic mass is 16.3. The van der Waals surface area contributed by atoms with E-state index in [1.807, 2.05) is 49.5 Å². The Bertz CT molecular complexity index is 799. The zero-order valence-corrected chi connectivity index (χ0v) is 11.1. The van der Waals surface area contributed by atoms with Crippen LogP contribution in [0.3, 0.4) is 0 Å². The zero-order valence-electron chi connectivity index (χ0n) is 11.1. The van der Waals surface area contributed by atoms with Crippen LogP contribution in [0, 0.1) is 11.3 Å². The predicted octanol–water partition coefficient (Wildman–Crippen LogP) is 3.09. The van der Waals surface area contributed by atoms with Crippen molar-refractivity contribution in [1.29, 1.82) is 5.26 Å². The number of hydrogen-bond acceptors (Lipinski definition) is 4. The Morgan fingerprint density at radius 1 is 1.25 bits per heavy atom. The van der Waals surface area contributed by atoms with Crippen LogP contribution in [-0.2, 0) is 6.54 Å². The van der Waals surface area contributed by atoms with Crippen molar-refractivity contribution in [3.05, 3.63) is 53.9 Å². The van der Waals surface area contributed by atoms with E-state index in [9.17, 15) is 5.26 Å². The number of nitrogens with one attached hydrogen (secondary N) is 1. The van der Waals surface area contributed by atoms with E-state index in [-0.39, 0.29) is 0 Å². The molecule has 0 saturated carbocycles. The smallest absolute Gasteiger partial charge is 0.152 e. The topological polar surface area (TPSA) is 61.9 Å². The summed E-state index contributed by atoms with van der Waals surface area (Å²) in [6.07, 6.45) is 0. The fourth-order valence-corrected chi connectivity index (χ4v) is 2.18. The highest BCUT2D eigenvalue weighted by Gasteiger charge is 2.12. The van der Waals surface area contributed by atoms with Gasteiger partial charge in [-0.3, -0.25) is 0 Å². The minimum atomic E-state index is 0.383. The maximum absolute atomic E-state index is 9.28. The summed E-state index contributed by atoms with van der Waals surface area (Å²) in [5.74, 6) is 1.50. The molecular formula is C16H13N3O. The van der Waals surface area contributed by atoms with Gasteiger partial charge in [0.05, 0.1) is 17.6 Å². The van der Waals surface area contributed by atoms with Crippen molar-refractivity contribution in [2.24, 2.45) is 0 Å². The first-order valence-corrected chi connectivity index (χ1v) is 6.35. The molecule has 0 atom stereocenters. The lowest BCUT2D eigenvalue weighted by Crippen LogP contribution is -2.03. The van der Waals surface area contributed by atoms with Gasteiger partial charge in [-0.1, -0.05) is 18.2 Å². The van der Waals surface area contributed by atoms with Gasteiger partial charge in [-0.05, 0) is 31.3 Å². The van der Waals surface area contributed by atoms with Gasteiger partial charge in [0, 0.05) is 5.39 Å². The molecule has 2 heterocycles. The Kier molecular flexibility index (Phi) is 3.20. The molecule has 0 unspecified atom stereocenters. The second-order valence-electron chi connectivity index (χ2n) is 4.49. The van der Waals surface area contributed by atoms with E-state index in [1.54, 1.807) is 0 Å². The van der Waals surface area contributed by atoms with Crippen LogP contribution in [0.2, 0.25) is 0 Å². The Labute approximate surface area is 116 Å². The number of furan rings is 1. The van der Waals surface area contributed by atoms with Gasteiger partial charge in [-0.25, -0.2) is 4.98 Å². The van der Waals surface area contributed by atoms with Gasteiger partial charge in [-0.15, -0.1) is 0 Å². The normalized spacial score (nSPS) is 10.6. The molecule has 0 aliphatic rings. The summed E-state index contributed by atoms with van der Waals surface area (Å²) in [5.41, 5.74) is 1.93. The number of hydrogen-bond donors (Lipinski definition) is 1. The average molecular weight is 263 g/mol. The molecule has 0 bridgehead atoms. The Balaban J connectivity index is 2.15. The van der Waals surface area contributed by atoms with Gasteiger partial charge in [0.1, 0.15) is 17.6 Å². The monoisotopic (exact) mass is 263 g/mol. The number of benzene rings is 1. The summed E-state index contributed by atoms with van der Waals surface area (Å²) in [4.78, 5) is 4.39. The van der Waals surface area contributed by atoms with E-state index in [1.165, 1.54) is 0 Å². The van der Waals surface area contributed by atoms with Crippen molar-refractivity contribution in [1.82, 2.24) is 10.3 Å². The molecule has 0 spiro atoms. The van der Waals surface area contributed by atoms with E-state index in [2.05, 4.69) is 16.4 Å². The number of nitriles is 1. The number of fused-ring (bicyclic) bond motifs is 1. The van der Waals surface area contributed by atoms with Crippen molar-refractivity contribution in [2.75, 3.05) is 7.05 Å². The molecular weight excluding hydrogens is 250 g/mol. The maximum atomic E-state index is 9.28. The average Bonchev–Trinajstić information content (AvgIpc) is 2.94. The molecule has 20 heavy (non-hydrogen) atoms. The minimum Gasteiger partial charge on any atom is -0.460 e. The first-order chi connectivity index (χ1) is 9.81. The van der Waals surface area contributed by atoms with Crippen molar-refractivity contribution < 1.29 is 4.42 Å². The zero-order chi connectivity index (χ0) is 13.9. The Morgan fingerprint density at radius 2 is 2.10 bits per heavy atom. The van der Waals surface area contributed by atoms with Crippen molar-refractivity contribution in [2.45, 2.75) is 6.54 Å². The summed E-state index contributed by atoms with van der Waals surface area (Å²) in [5, 5.41) is 13.3. The van der Waals surface area contributed by atoms with E-state index >= 15 is 0 Å². The third kappa shape index (κ3) is 2.15. The lowest BCUT2D eigenvalue weighted by Gasteiger charge is -2.03. The molecule has 0 saturated heterocycles. The second kappa shape index (κ2) is 5.16. The molecule has 4 heteroatoms.